The molecule has 132 valence electrons. The minimum Gasteiger partial charge on any atom is -0.395 e. The van der Waals surface area contributed by atoms with E-state index < -0.39 is 32.8 Å². The number of fused-ring (bicyclic) bond motifs is 2. The van der Waals surface area contributed by atoms with Gasteiger partial charge in [0.05, 0.1) is 24.4 Å². The third-order valence-corrected chi connectivity index (χ3v) is 7.27. The molecule has 2 bridgehead atoms. The predicted octanol–water partition coefficient (Wildman–Crippen LogP) is -0.577. The van der Waals surface area contributed by atoms with Gasteiger partial charge in [0, 0.05) is 19.0 Å². The smallest absolute Gasteiger partial charge is 0.215 e. The third kappa shape index (κ3) is 2.97. The number of sulfonamides is 1. The van der Waals surface area contributed by atoms with Crippen LogP contribution in [0.25, 0.3) is 0 Å². The summed E-state index contributed by atoms with van der Waals surface area (Å²) in [6, 6.07) is 0. The van der Waals surface area contributed by atoms with Crippen molar-refractivity contribution in [2.75, 3.05) is 32.1 Å². The second-order valence-corrected chi connectivity index (χ2v) is 8.84. The highest BCUT2D eigenvalue weighted by molar-refractivity contribution is 7.89. The summed E-state index contributed by atoms with van der Waals surface area (Å²) in [6.45, 7) is 2.84. The van der Waals surface area contributed by atoms with E-state index in [0.29, 0.717) is 12.8 Å². The molecule has 2 rings (SSSR count). The Balaban J connectivity index is 2.35. The van der Waals surface area contributed by atoms with E-state index in [1.165, 1.54) is 0 Å². The van der Waals surface area contributed by atoms with Gasteiger partial charge in [-0.2, -0.15) is 4.31 Å². The highest BCUT2D eigenvalue weighted by atomic mass is 32.2. The first-order chi connectivity index (χ1) is 10.7. The van der Waals surface area contributed by atoms with Crippen LogP contribution >= 0.6 is 0 Å². The summed E-state index contributed by atoms with van der Waals surface area (Å²) in [5.41, 5.74) is -1.14. The Kier molecular flexibility index (Phi) is 5.30. The lowest BCUT2D eigenvalue weighted by Gasteiger charge is -2.33. The molecule has 2 saturated carbocycles. The Morgan fingerprint density at radius 1 is 1.22 bits per heavy atom. The molecule has 3 unspecified atom stereocenters. The van der Waals surface area contributed by atoms with Crippen molar-refractivity contribution in [2.24, 2.45) is 23.2 Å². The lowest BCUT2D eigenvalue weighted by molar-refractivity contribution is -0.141. The number of nitrogens with zero attached hydrogens (tertiary/aromatic N) is 1. The zero-order chi connectivity index (χ0) is 17.4. The first kappa shape index (κ1) is 18.5. The lowest BCUT2D eigenvalue weighted by atomic mass is 9.75. The standard InChI is InChI=1S/C15H25NO6S/c1-10(2)12-11-3-4-15(12,14(20)13(11)19)9-23(21,22)16(5-7-17)6-8-18/h10-12,17-18H,3-9H2,1-2H3. The van der Waals surface area contributed by atoms with Crippen molar-refractivity contribution in [1.82, 2.24) is 4.31 Å². The molecule has 2 aliphatic rings. The topological polar surface area (TPSA) is 112 Å². The fourth-order valence-electron chi connectivity index (χ4n) is 4.48. The van der Waals surface area contributed by atoms with E-state index in [0.717, 1.165) is 4.31 Å². The van der Waals surface area contributed by atoms with Gasteiger partial charge in [0.15, 0.2) is 0 Å². The van der Waals surface area contributed by atoms with E-state index >= 15 is 0 Å². The average molecular weight is 347 g/mol. The van der Waals surface area contributed by atoms with Gasteiger partial charge in [0.2, 0.25) is 21.6 Å². The molecule has 2 aliphatic carbocycles. The summed E-state index contributed by atoms with van der Waals surface area (Å²) in [5, 5.41) is 18.1. The SMILES string of the molecule is CC(C)C1C2CCC1(CS(=O)(=O)N(CCO)CCO)C(=O)C2=O. The second kappa shape index (κ2) is 6.58. The Morgan fingerprint density at radius 3 is 2.26 bits per heavy atom. The van der Waals surface area contributed by atoms with Gasteiger partial charge >= 0.3 is 0 Å². The summed E-state index contributed by atoms with van der Waals surface area (Å²) >= 11 is 0. The van der Waals surface area contributed by atoms with Crippen molar-refractivity contribution in [1.29, 1.82) is 0 Å². The van der Waals surface area contributed by atoms with Crippen LogP contribution in [0.1, 0.15) is 26.7 Å². The number of hydrogen-bond acceptors (Lipinski definition) is 6. The molecule has 0 heterocycles. The van der Waals surface area contributed by atoms with Gasteiger partial charge in [-0.05, 0) is 24.7 Å². The van der Waals surface area contributed by atoms with Crippen molar-refractivity contribution < 1.29 is 28.2 Å². The van der Waals surface area contributed by atoms with Crippen molar-refractivity contribution in [2.45, 2.75) is 26.7 Å². The molecule has 0 aromatic heterocycles. The molecule has 2 fully saturated rings. The Bertz CT molecular complexity index is 581. The van der Waals surface area contributed by atoms with Gasteiger partial charge in [0.1, 0.15) is 0 Å². The van der Waals surface area contributed by atoms with Crippen molar-refractivity contribution in [3.63, 3.8) is 0 Å². The Labute approximate surface area is 136 Å². The van der Waals surface area contributed by atoms with Crippen LogP contribution in [0, 0.1) is 23.2 Å². The summed E-state index contributed by atoms with van der Waals surface area (Å²) in [5.74, 6) is -1.96. The van der Waals surface area contributed by atoms with E-state index in [1.54, 1.807) is 0 Å². The van der Waals surface area contributed by atoms with Crippen LogP contribution < -0.4 is 0 Å². The van der Waals surface area contributed by atoms with Crippen LogP contribution in [0.2, 0.25) is 0 Å². The molecule has 8 heteroatoms. The average Bonchev–Trinajstić information content (AvgIpc) is 2.92. The number of carbonyl (C=O) groups is 2. The summed E-state index contributed by atoms with van der Waals surface area (Å²) < 4.78 is 26.4. The van der Waals surface area contributed by atoms with Crippen LogP contribution in [0.4, 0.5) is 0 Å². The molecular weight excluding hydrogens is 322 g/mol. The van der Waals surface area contributed by atoms with E-state index in [9.17, 15) is 18.0 Å². The van der Waals surface area contributed by atoms with Gasteiger partial charge in [-0.25, -0.2) is 8.42 Å². The second-order valence-electron chi connectivity index (χ2n) is 6.87. The monoisotopic (exact) mass is 347 g/mol. The summed E-state index contributed by atoms with van der Waals surface area (Å²) in [4.78, 5) is 24.6. The van der Waals surface area contributed by atoms with Crippen molar-refractivity contribution in [3.8, 4) is 0 Å². The number of carbonyl (C=O) groups excluding carboxylic acids is 2. The zero-order valence-electron chi connectivity index (χ0n) is 13.6. The van der Waals surface area contributed by atoms with Crippen LogP contribution in [-0.2, 0) is 19.6 Å². The molecule has 0 aliphatic heterocycles. The van der Waals surface area contributed by atoms with Crippen LogP contribution in [-0.4, -0.2) is 66.6 Å². The highest BCUT2D eigenvalue weighted by Crippen LogP contribution is 2.58. The molecule has 0 radical (unpaired) electrons. The molecule has 0 aromatic carbocycles. The van der Waals surface area contributed by atoms with Crippen LogP contribution in [0.15, 0.2) is 0 Å². The first-order valence-corrected chi connectivity index (χ1v) is 9.60. The Hall–Kier alpha value is -0.830. The van der Waals surface area contributed by atoms with E-state index in [-0.39, 0.29) is 44.1 Å². The molecule has 3 atom stereocenters. The van der Waals surface area contributed by atoms with Gasteiger partial charge < -0.3 is 10.2 Å². The van der Waals surface area contributed by atoms with Crippen molar-refractivity contribution >= 4 is 21.6 Å². The number of aliphatic hydroxyl groups excluding tert-OH is 2. The fraction of sp³-hybridized carbons (Fsp3) is 0.867. The molecule has 0 aromatic rings. The maximum Gasteiger partial charge on any atom is 0.215 e. The normalized spacial score (nSPS) is 30.9. The fourth-order valence-corrected chi connectivity index (χ4v) is 6.50. The maximum atomic E-state index is 12.7. The van der Waals surface area contributed by atoms with Crippen LogP contribution in [0.5, 0.6) is 0 Å². The zero-order valence-corrected chi connectivity index (χ0v) is 14.4. The van der Waals surface area contributed by atoms with Gasteiger partial charge in [-0.1, -0.05) is 13.8 Å². The summed E-state index contributed by atoms with van der Waals surface area (Å²) in [6.07, 6.45) is 0.972. The first-order valence-electron chi connectivity index (χ1n) is 7.99. The third-order valence-electron chi connectivity index (χ3n) is 5.24. The number of Topliss-reactive ketones (excluding diaryl/α,β-unsaturated/α-hetero) is 2. The molecule has 23 heavy (non-hydrogen) atoms. The minimum atomic E-state index is -3.86. The molecular formula is C15H25NO6S. The van der Waals surface area contributed by atoms with E-state index in [4.69, 9.17) is 10.2 Å². The Morgan fingerprint density at radius 2 is 1.78 bits per heavy atom. The van der Waals surface area contributed by atoms with Gasteiger partial charge in [0.25, 0.3) is 0 Å². The van der Waals surface area contributed by atoms with Crippen molar-refractivity contribution in [3.05, 3.63) is 0 Å². The number of hydrogen-bond donors (Lipinski definition) is 2. The lowest BCUT2D eigenvalue weighted by Crippen LogP contribution is -2.47. The number of rotatable bonds is 8. The quantitative estimate of drug-likeness (QED) is 0.568. The molecule has 0 saturated heterocycles. The maximum absolute atomic E-state index is 12.7. The van der Waals surface area contributed by atoms with Gasteiger partial charge in [-0.15, -0.1) is 0 Å². The van der Waals surface area contributed by atoms with E-state index in [2.05, 4.69) is 0 Å². The largest absolute Gasteiger partial charge is 0.395 e. The van der Waals surface area contributed by atoms with Gasteiger partial charge in [-0.3, -0.25) is 9.59 Å². The minimum absolute atomic E-state index is 0.0391. The molecule has 0 spiro atoms. The molecule has 7 nitrogen and oxygen atoms in total. The predicted molar refractivity (Wildman–Crippen MR) is 83.0 cm³/mol. The summed E-state index contributed by atoms with van der Waals surface area (Å²) in [7, 11) is -3.86. The van der Waals surface area contributed by atoms with Crippen LogP contribution in [0.3, 0.4) is 0 Å². The number of ketones is 2. The molecule has 0 amide bonds. The highest BCUT2D eigenvalue weighted by Gasteiger charge is 2.66. The van der Waals surface area contributed by atoms with E-state index in [1.807, 2.05) is 13.8 Å². The molecule has 2 N–H and O–H groups in total. The number of aliphatic hydroxyl groups is 2.